The van der Waals surface area contributed by atoms with Gasteiger partial charge < -0.3 is 5.73 Å². The second-order valence-electron chi connectivity index (χ2n) is 4.37. The summed E-state index contributed by atoms with van der Waals surface area (Å²) in [6, 6.07) is 3.97. The van der Waals surface area contributed by atoms with Gasteiger partial charge in [-0.3, -0.25) is 4.79 Å². The number of rotatable bonds is 4. The molecule has 2 N–H and O–H groups in total. The van der Waals surface area contributed by atoms with E-state index in [9.17, 15) is 21.6 Å². The quantitative estimate of drug-likeness (QED) is 0.772. The number of fused-ring (bicyclic) bond motifs is 1. The molecule has 20 heavy (non-hydrogen) atoms. The minimum atomic E-state index is -4.01. The highest BCUT2D eigenvalue weighted by molar-refractivity contribution is 7.91. The van der Waals surface area contributed by atoms with Gasteiger partial charge in [0.15, 0.2) is 9.84 Å². The number of carbonyl (C=O) groups is 1. The van der Waals surface area contributed by atoms with Gasteiger partial charge >= 0.3 is 0 Å². The SMILES string of the molecule is CCS(=O)(=O)CCN1C(=O)c2ccc(N)cc2S1(=O)=O. The Morgan fingerprint density at radius 3 is 2.55 bits per heavy atom. The van der Waals surface area contributed by atoms with Crippen LogP contribution < -0.4 is 5.73 Å². The molecule has 0 saturated heterocycles. The van der Waals surface area contributed by atoms with Crippen LogP contribution in [0.3, 0.4) is 0 Å². The molecule has 1 amide bonds. The fourth-order valence-electron chi connectivity index (χ4n) is 1.88. The number of sulfone groups is 1. The third-order valence-electron chi connectivity index (χ3n) is 3.08. The molecule has 0 saturated carbocycles. The molecular weight excluding hydrogens is 304 g/mol. The number of nitrogens with two attached hydrogens (primary N) is 1. The number of carbonyl (C=O) groups excluding carboxylic acids is 1. The lowest BCUT2D eigenvalue weighted by atomic mass is 10.2. The summed E-state index contributed by atoms with van der Waals surface area (Å²) in [5.41, 5.74) is 5.76. The van der Waals surface area contributed by atoms with Gasteiger partial charge in [0.1, 0.15) is 4.90 Å². The van der Waals surface area contributed by atoms with Crippen molar-refractivity contribution in [2.45, 2.75) is 11.8 Å². The number of nitrogen functional groups attached to an aromatic ring is 1. The zero-order chi connectivity index (χ0) is 15.1. The number of sulfonamides is 1. The maximum atomic E-state index is 12.2. The van der Waals surface area contributed by atoms with Crippen LogP contribution in [-0.4, -0.2) is 45.1 Å². The first kappa shape index (κ1) is 14.8. The monoisotopic (exact) mass is 318 g/mol. The van der Waals surface area contributed by atoms with Crippen molar-refractivity contribution in [2.24, 2.45) is 0 Å². The zero-order valence-corrected chi connectivity index (χ0v) is 12.4. The summed E-state index contributed by atoms with van der Waals surface area (Å²) in [6.45, 7) is 1.08. The summed E-state index contributed by atoms with van der Waals surface area (Å²) < 4.78 is 47.9. The normalized spacial score (nSPS) is 17.2. The van der Waals surface area contributed by atoms with Crippen molar-refractivity contribution in [3.05, 3.63) is 23.8 Å². The Balaban J connectivity index is 2.38. The van der Waals surface area contributed by atoms with E-state index in [4.69, 9.17) is 5.73 Å². The van der Waals surface area contributed by atoms with Crippen molar-refractivity contribution in [2.75, 3.05) is 23.8 Å². The molecule has 7 nitrogen and oxygen atoms in total. The minimum Gasteiger partial charge on any atom is -0.399 e. The van der Waals surface area contributed by atoms with Crippen LogP contribution in [-0.2, 0) is 19.9 Å². The topological polar surface area (TPSA) is 115 Å². The van der Waals surface area contributed by atoms with E-state index >= 15 is 0 Å². The maximum absolute atomic E-state index is 12.2. The summed E-state index contributed by atoms with van der Waals surface area (Å²) in [5, 5.41) is 0. The Morgan fingerprint density at radius 1 is 1.30 bits per heavy atom. The summed E-state index contributed by atoms with van der Waals surface area (Å²) in [6.07, 6.45) is 0. The molecule has 0 bridgehead atoms. The number of anilines is 1. The van der Waals surface area contributed by atoms with E-state index < -0.39 is 31.5 Å². The van der Waals surface area contributed by atoms with Crippen molar-refractivity contribution >= 4 is 31.5 Å². The largest absolute Gasteiger partial charge is 0.399 e. The number of hydrogen-bond acceptors (Lipinski definition) is 6. The Morgan fingerprint density at radius 2 is 1.95 bits per heavy atom. The van der Waals surface area contributed by atoms with Gasteiger partial charge in [-0.05, 0) is 18.2 Å². The van der Waals surface area contributed by atoms with Gasteiger partial charge in [-0.15, -0.1) is 0 Å². The average molecular weight is 318 g/mol. The fourth-order valence-corrected chi connectivity index (χ4v) is 4.35. The summed E-state index contributed by atoms with van der Waals surface area (Å²) in [4.78, 5) is 11.9. The molecule has 0 spiro atoms. The molecule has 0 fully saturated rings. The van der Waals surface area contributed by atoms with E-state index in [1.54, 1.807) is 0 Å². The van der Waals surface area contributed by atoms with Crippen LogP contribution >= 0.6 is 0 Å². The Hall–Kier alpha value is -1.61. The summed E-state index contributed by atoms with van der Waals surface area (Å²) in [7, 11) is -7.37. The zero-order valence-electron chi connectivity index (χ0n) is 10.7. The molecule has 0 atom stereocenters. The van der Waals surface area contributed by atoms with Crippen LogP contribution in [0.1, 0.15) is 17.3 Å². The average Bonchev–Trinajstić information content (AvgIpc) is 2.55. The summed E-state index contributed by atoms with van der Waals surface area (Å²) >= 11 is 0. The molecular formula is C11H14N2O5S2. The molecule has 1 aliphatic heterocycles. The number of hydrogen-bond donors (Lipinski definition) is 1. The molecule has 1 aromatic carbocycles. The van der Waals surface area contributed by atoms with Crippen LogP contribution in [0.25, 0.3) is 0 Å². The van der Waals surface area contributed by atoms with E-state index in [2.05, 4.69) is 0 Å². The van der Waals surface area contributed by atoms with Crippen LogP contribution in [0.5, 0.6) is 0 Å². The van der Waals surface area contributed by atoms with E-state index in [0.717, 1.165) is 0 Å². The maximum Gasteiger partial charge on any atom is 0.269 e. The van der Waals surface area contributed by atoms with Gasteiger partial charge in [-0.1, -0.05) is 6.92 Å². The minimum absolute atomic E-state index is 0.0214. The van der Waals surface area contributed by atoms with E-state index in [1.807, 2.05) is 0 Å². The van der Waals surface area contributed by atoms with Crippen LogP contribution in [0.2, 0.25) is 0 Å². The molecule has 0 radical (unpaired) electrons. The smallest absolute Gasteiger partial charge is 0.269 e. The standard InChI is InChI=1S/C11H14N2O5S2/c1-2-19(15,16)6-5-13-11(14)9-4-3-8(12)7-10(9)20(13,17)18/h3-4,7H,2,5-6,12H2,1H3. The molecule has 0 unspecified atom stereocenters. The molecule has 1 heterocycles. The second-order valence-corrected chi connectivity index (χ2v) is 8.68. The fraction of sp³-hybridized carbons (Fsp3) is 0.364. The van der Waals surface area contributed by atoms with Crippen molar-refractivity contribution < 1.29 is 21.6 Å². The highest BCUT2D eigenvalue weighted by Gasteiger charge is 2.41. The van der Waals surface area contributed by atoms with Crippen LogP contribution in [0.4, 0.5) is 5.69 Å². The lowest BCUT2D eigenvalue weighted by Crippen LogP contribution is -2.34. The lowest BCUT2D eigenvalue weighted by Gasteiger charge is -2.14. The predicted octanol–water partition coefficient (Wildman–Crippen LogP) is -0.152. The van der Waals surface area contributed by atoms with Gasteiger partial charge in [-0.25, -0.2) is 21.1 Å². The highest BCUT2D eigenvalue weighted by Crippen LogP contribution is 2.31. The van der Waals surface area contributed by atoms with Gasteiger partial charge in [0.25, 0.3) is 15.9 Å². The number of amides is 1. The third kappa shape index (κ3) is 2.38. The Bertz CT molecular complexity index is 768. The molecule has 110 valence electrons. The van der Waals surface area contributed by atoms with Crippen molar-refractivity contribution in [1.82, 2.24) is 4.31 Å². The predicted molar refractivity (Wildman–Crippen MR) is 73.4 cm³/mol. The van der Waals surface area contributed by atoms with Crippen molar-refractivity contribution in [3.63, 3.8) is 0 Å². The third-order valence-corrected chi connectivity index (χ3v) is 6.58. The van der Waals surface area contributed by atoms with Gasteiger partial charge in [0.2, 0.25) is 0 Å². The molecule has 9 heteroatoms. The van der Waals surface area contributed by atoms with E-state index in [1.165, 1.54) is 25.1 Å². The molecule has 0 aromatic heterocycles. The van der Waals surface area contributed by atoms with E-state index in [-0.39, 0.29) is 28.4 Å². The van der Waals surface area contributed by atoms with Gasteiger partial charge in [0, 0.05) is 11.4 Å². The second kappa shape index (κ2) is 4.74. The molecule has 2 rings (SSSR count). The van der Waals surface area contributed by atoms with E-state index in [0.29, 0.717) is 4.31 Å². The molecule has 1 aliphatic rings. The Labute approximate surface area is 117 Å². The lowest BCUT2D eigenvalue weighted by molar-refractivity contribution is 0.0876. The molecule has 1 aromatic rings. The first-order valence-electron chi connectivity index (χ1n) is 5.86. The highest BCUT2D eigenvalue weighted by atomic mass is 32.2. The first-order valence-corrected chi connectivity index (χ1v) is 9.12. The van der Waals surface area contributed by atoms with Crippen molar-refractivity contribution in [3.8, 4) is 0 Å². The Kier molecular flexibility index (Phi) is 3.51. The van der Waals surface area contributed by atoms with Crippen LogP contribution in [0, 0.1) is 0 Å². The number of benzene rings is 1. The van der Waals surface area contributed by atoms with Gasteiger partial charge in [-0.2, -0.15) is 0 Å². The van der Waals surface area contributed by atoms with Gasteiger partial charge in [0.05, 0.1) is 17.9 Å². The number of nitrogens with zero attached hydrogens (tertiary/aromatic N) is 1. The molecule has 0 aliphatic carbocycles. The van der Waals surface area contributed by atoms with Crippen LogP contribution in [0.15, 0.2) is 23.1 Å². The summed E-state index contributed by atoms with van der Waals surface area (Å²) in [5.74, 6) is -1.21. The van der Waals surface area contributed by atoms with Crippen molar-refractivity contribution in [1.29, 1.82) is 0 Å². The first-order chi connectivity index (χ1) is 9.19.